The smallest absolute Gasteiger partial charge is 0.225 e. The molecule has 1 saturated heterocycles. The van der Waals surface area contributed by atoms with Gasteiger partial charge in [-0.1, -0.05) is 20.8 Å². The Balaban J connectivity index is 0.00000225. The van der Waals surface area contributed by atoms with E-state index < -0.39 is 0 Å². The van der Waals surface area contributed by atoms with E-state index in [0.717, 1.165) is 32.0 Å². The molecule has 0 saturated carbocycles. The van der Waals surface area contributed by atoms with Crippen LogP contribution in [0.25, 0.3) is 0 Å². The quantitative estimate of drug-likeness (QED) is 0.802. The number of halogens is 1. The number of nitrogens with one attached hydrogen (secondary N) is 2. The summed E-state index contributed by atoms with van der Waals surface area (Å²) in [5.74, 6) is 0.908. The van der Waals surface area contributed by atoms with Crippen molar-refractivity contribution in [2.45, 2.75) is 40.0 Å². The monoisotopic (exact) mass is 248 g/mol. The maximum atomic E-state index is 11.6. The van der Waals surface area contributed by atoms with Crippen LogP contribution in [0.1, 0.15) is 40.0 Å². The van der Waals surface area contributed by atoms with Gasteiger partial charge in [-0.25, -0.2) is 0 Å². The lowest BCUT2D eigenvalue weighted by Crippen LogP contribution is -2.37. The van der Waals surface area contributed by atoms with Crippen LogP contribution in [-0.4, -0.2) is 25.5 Å². The fraction of sp³-hybridized carbons (Fsp3) is 0.917. The van der Waals surface area contributed by atoms with E-state index >= 15 is 0 Å². The Morgan fingerprint density at radius 2 is 2.12 bits per heavy atom. The summed E-state index contributed by atoms with van der Waals surface area (Å²) in [6, 6.07) is 0. The number of carbonyl (C=O) groups excluding carboxylic acids is 1. The fourth-order valence-electron chi connectivity index (χ4n) is 1.83. The molecule has 1 aliphatic heterocycles. The zero-order chi connectivity index (χ0) is 11.3. The van der Waals surface area contributed by atoms with Gasteiger partial charge >= 0.3 is 0 Å². The van der Waals surface area contributed by atoms with E-state index in [9.17, 15) is 4.79 Å². The van der Waals surface area contributed by atoms with Crippen molar-refractivity contribution in [3.63, 3.8) is 0 Å². The number of piperidine rings is 1. The molecule has 1 atom stereocenters. The van der Waals surface area contributed by atoms with E-state index in [1.54, 1.807) is 0 Å². The predicted octanol–water partition coefficient (Wildman–Crippen LogP) is 1.96. The number of hydrogen-bond acceptors (Lipinski definition) is 2. The van der Waals surface area contributed by atoms with Crippen molar-refractivity contribution in [2.24, 2.45) is 11.3 Å². The molecule has 2 N–H and O–H groups in total. The highest BCUT2D eigenvalue weighted by Gasteiger charge is 2.21. The first-order valence-corrected chi connectivity index (χ1v) is 5.99. The van der Waals surface area contributed by atoms with Gasteiger partial charge in [-0.15, -0.1) is 12.4 Å². The van der Waals surface area contributed by atoms with Crippen LogP contribution in [0.4, 0.5) is 0 Å². The van der Waals surface area contributed by atoms with Crippen LogP contribution in [0.2, 0.25) is 0 Å². The van der Waals surface area contributed by atoms with Crippen LogP contribution in [0.15, 0.2) is 0 Å². The highest BCUT2D eigenvalue weighted by atomic mass is 35.5. The SMILES string of the molecule is CC(C)(C)C(=O)NCCC1CCCNC1.Cl. The lowest BCUT2D eigenvalue weighted by Gasteiger charge is -2.24. The Hall–Kier alpha value is -0.280. The average molecular weight is 249 g/mol. The van der Waals surface area contributed by atoms with Gasteiger partial charge in [0.1, 0.15) is 0 Å². The van der Waals surface area contributed by atoms with Gasteiger partial charge in [0, 0.05) is 12.0 Å². The maximum Gasteiger partial charge on any atom is 0.225 e. The summed E-state index contributed by atoms with van der Waals surface area (Å²) in [4.78, 5) is 11.6. The summed E-state index contributed by atoms with van der Waals surface area (Å²) < 4.78 is 0. The van der Waals surface area contributed by atoms with Gasteiger partial charge in [0.15, 0.2) is 0 Å². The summed E-state index contributed by atoms with van der Waals surface area (Å²) >= 11 is 0. The third-order valence-electron chi connectivity index (χ3n) is 2.92. The summed E-state index contributed by atoms with van der Waals surface area (Å²) in [5.41, 5.74) is -0.259. The van der Waals surface area contributed by atoms with Crippen LogP contribution in [0.3, 0.4) is 0 Å². The zero-order valence-electron chi connectivity index (χ0n) is 10.6. The molecule has 1 heterocycles. The van der Waals surface area contributed by atoms with Crippen molar-refractivity contribution in [3.05, 3.63) is 0 Å². The standard InChI is InChI=1S/C12H24N2O.ClH/c1-12(2,3)11(15)14-8-6-10-5-4-7-13-9-10;/h10,13H,4-9H2,1-3H3,(H,14,15);1H. The molecule has 96 valence electrons. The predicted molar refractivity (Wildman–Crippen MR) is 69.9 cm³/mol. The fourth-order valence-corrected chi connectivity index (χ4v) is 1.83. The van der Waals surface area contributed by atoms with Crippen molar-refractivity contribution >= 4 is 18.3 Å². The molecule has 0 aromatic heterocycles. The summed E-state index contributed by atoms with van der Waals surface area (Å²) in [7, 11) is 0. The van der Waals surface area contributed by atoms with Gasteiger partial charge in [-0.2, -0.15) is 0 Å². The molecule has 16 heavy (non-hydrogen) atoms. The number of amides is 1. The first-order chi connectivity index (χ1) is 7.00. The Morgan fingerprint density at radius 3 is 2.62 bits per heavy atom. The lowest BCUT2D eigenvalue weighted by atomic mass is 9.94. The first-order valence-electron chi connectivity index (χ1n) is 5.99. The van der Waals surface area contributed by atoms with Crippen molar-refractivity contribution in [3.8, 4) is 0 Å². The van der Waals surface area contributed by atoms with E-state index in [-0.39, 0.29) is 23.7 Å². The van der Waals surface area contributed by atoms with E-state index in [1.807, 2.05) is 20.8 Å². The number of rotatable bonds is 3. The molecule has 1 amide bonds. The van der Waals surface area contributed by atoms with Crippen LogP contribution in [0.5, 0.6) is 0 Å². The van der Waals surface area contributed by atoms with Gasteiger partial charge in [0.2, 0.25) is 5.91 Å². The molecule has 0 aromatic carbocycles. The Labute approximate surface area is 105 Å². The van der Waals surface area contributed by atoms with Gasteiger partial charge in [-0.3, -0.25) is 4.79 Å². The molecule has 0 spiro atoms. The molecule has 3 nitrogen and oxygen atoms in total. The second-order valence-electron chi connectivity index (χ2n) is 5.51. The van der Waals surface area contributed by atoms with Crippen LogP contribution in [0, 0.1) is 11.3 Å². The Bertz CT molecular complexity index is 208. The molecule has 4 heteroatoms. The van der Waals surface area contributed by atoms with Crippen LogP contribution in [-0.2, 0) is 4.79 Å². The first kappa shape index (κ1) is 15.7. The van der Waals surface area contributed by atoms with E-state index in [0.29, 0.717) is 0 Å². The van der Waals surface area contributed by atoms with E-state index in [1.165, 1.54) is 12.8 Å². The highest BCUT2D eigenvalue weighted by molar-refractivity contribution is 5.85. The third-order valence-corrected chi connectivity index (χ3v) is 2.92. The summed E-state index contributed by atoms with van der Waals surface area (Å²) in [6.45, 7) is 8.94. The van der Waals surface area contributed by atoms with Crippen molar-refractivity contribution in [1.82, 2.24) is 10.6 Å². The largest absolute Gasteiger partial charge is 0.356 e. The molecular weight excluding hydrogens is 224 g/mol. The highest BCUT2D eigenvalue weighted by Crippen LogP contribution is 2.15. The minimum absolute atomic E-state index is 0. The molecule has 0 aromatic rings. The molecule has 1 fully saturated rings. The third kappa shape index (κ3) is 5.71. The second kappa shape index (κ2) is 7.13. The number of carbonyl (C=O) groups is 1. The molecule has 0 bridgehead atoms. The maximum absolute atomic E-state index is 11.6. The van der Waals surface area contributed by atoms with Crippen molar-refractivity contribution in [1.29, 1.82) is 0 Å². The Morgan fingerprint density at radius 1 is 1.44 bits per heavy atom. The van der Waals surface area contributed by atoms with E-state index in [4.69, 9.17) is 0 Å². The van der Waals surface area contributed by atoms with Gasteiger partial charge in [-0.05, 0) is 38.3 Å². The van der Waals surface area contributed by atoms with E-state index in [2.05, 4.69) is 10.6 Å². The van der Waals surface area contributed by atoms with Gasteiger partial charge in [0.25, 0.3) is 0 Å². The zero-order valence-corrected chi connectivity index (χ0v) is 11.5. The van der Waals surface area contributed by atoms with Crippen molar-refractivity contribution in [2.75, 3.05) is 19.6 Å². The average Bonchev–Trinajstić information content (AvgIpc) is 2.18. The van der Waals surface area contributed by atoms with Gasteiger partial charge in [0.05, 0.1) is 0 Å². The summed E-state index contributed by atoms with van der Waals surface area (Å²) in [5, 5.41) is 6.39. The molecule has 1 rings (SSSR count). The van der Waals surface area contributed by atoms with Crippen LogP contribution < -0.4 is 10.6 Å². The molecular formula is C12H25ClN2O. The summed E-state index contributed by atoms with van der Waals surface area (Å²) in [6.07, 6.45) is 3.69. The molecule has 0 aliphatic carbocycles. The van der Waals surface area contributed by atoms with Gasteiger partial charge < -0.3 is 10.6 Å². The minimum Gasteiger partial charge on any atom is -0.356 e. The minimum atomic E-state index is -0.259. The lowest BCUT2D eigenvalue weighted by molar-refractivity contribution is -0.128. The number of hydrogen-bond donors (Lipinski definition) is 2. The molecule has 1 aliphatic rings. The molecule has 1 unspecified atom stereocenters. The second-order valence-corrected chi connectivity index (χ2v) is 5.51. The van der Waals surface area contributed by atoms with Crippen LogP contribution >= 0.6 is 12.4 Å². The normalized spacial score (nSPS) is 21.1. The van der Waals surface area contributed by atoms with Crippen molar-refractivity contribution < 1.29 is 4.79 Å². The Kier molecular flexibility index (Phi) is 7.00. The molecule has 0 radical (unpaired) electrons. The topological polar surface area (TPSA) is 41.1 Å².